The molecule has 2 unspecified atom stereocenters. The van der Waals surface area contributed by atoms with Gasteiger partial charge in [-0.25, -0.2) is 4.79 Å². The van der Waals surface area contributed by atoms with Crippen molar-refractivity contribution in [1.82, 2.24) is 15.1 Å². The highest BCUT2D eigenvalue weighted by molar-refractivity contribution is 5.75. The molecule has 3 fully saturated rings. The summed E-state index contributed by atoms with van der Waals surface area (Å²) in [5, 5.41) is 12.2. The van der Waals surface area contributed by atoms with Gasteiger partial charge in [-0.1, -0.05) is 6.42 Å². The van der Waals surface area contributed by atoms with Gasteiger partial charge >= 0.3 is 6.03 Å². The standard InChI is InChI=1S/C16H29N3O2/c20-12-4-3-10-19(13-6-7-13)16(21)17-14-8-11-18-9-2-1-5-15(14)18/h13-15,20H,1-12H2,(H,17,21). The third-order valence-corrected chi connectivity index (χ3v) is 5.22. The molecule has 2 heterocycles. The summed E-state index contributed by atoms with van der Waals surface area (Å²) < 4.78 is 0. The van der Waals surface area contributed by atoms with Gasteiger partial charge in [0, 0.05) is 37.8 Å². The lowest BCUT2D eigenvalue weighted by Crippen LogP contribution is -2.51. The van der Waals surface area contributed by atoms with Gasteiger partial charge in [0.2, 0.25) is 0 Å². The number of piperidine rings is 1. The van der Waals surface area contributed by atoms with Gasteiger partial charge in [-0.05, 0) is 51.5 Å². The van der Waals surface area contributed by atoms with Crippen molar-refractivity contribution in [3.63, 3.8) is 0 Å². The number of carbonyl (C=O) groups excluding carboxylic acids is 1. The Labute approximate surface area is 127 Å². The zero-order chi connectivity index (χ0) is 14.7. The molecule has 0 aromatic carbocycles. The molecule has 1 aliphatic carbocycles. The molecule has 0 aromatic heterocycles. The number of unbranched alkanes of at least 4 members (excludes halogenated alkanes) is 1. The Morgan fingerprint density at radius 1 is 1.14 bits per heavy atom. The van der Waals surface area contributed by atoms with E-state index in [9.17, 15) is 4.79 Å². The predicted octanol–water partition coefficient (Wildman–Crippen LogP) is 1.56. The molecule has 0 bridgehead atoms. The summed E-state index contributed by atoms with van der Waals surface area (Å²) in [6.45, 7) is 3.36. The summed E-state index contributed by atoms with van der Waals surface area (Å²) in [6, 6.07) is 1.50. The van der Waals surface area contributed by atoms with E-state index >= 15 is 0 Å². The molecule has 3 aliphatic rings. The van der Waals surface area contributed by atoms with Crippen molar-refractivity contribution in [2.75, 3.05) is 26.2 Å². The molecular weight excluding hydrogens is 266 g/mol. The fraction of sp³-hybridized carbons (Fsp3) is 0.938. The van der Waals surface area contributed by atoms with Crippen molar-refractivity contribution in [2.24, 2.45) is 0 Å². The lowest BCUT2D eigenvalue weighted by Gasteiger charge is -2.33. The molecule has 2 saturated heterocycles. The molecule has 1 saturated carbocycles. The van der Waals surface area contributed by atoms with E-state index in [1.807, 2.05) is 4.90 Å². The number of carbonyl (C=O) groups is 1. The van der Waals surface area contributed by atoms with Crippen LogP contribution in [0.3, 0.4) is 0 Å². The molecule has 0 radical (unpaired) electrons. The fourth-order valence-electron chi connectivity index (χ4n) is 3.89. The lowest BCUT2D eigenvalue weighted by atomic mass is 9.99. The van der Waals surface area contributed by atoms with Gasteiger partial charge in [-0.15, -0.1) is 0 Å². The zero-order valence-electron chi connectivity index (χ0n) is 13.0. The fourth-order valence-corrected chi connectivity index (χ4v) is 3.89. The number of aliphatic hydroxyl groups excluding tert-OH is 1. The minimum atomic E-state index is 0.132. The van der Waals surface area contributed by atoms with E-state index in [1.165, 1.54) is 25.8 Å². The summed E-state index contributed by atoms with van der Waals surface area (Å²) in [4.78, 5) is 17.2. The number of hydrogen-bond donors (Lipinski definition) is 2. The normalized spacial score (nSPS) is 29.2. The second kappa shape index (κ2) is 6.97. The number of urea groups is 1. The van der Waals surface area contributed by atoms with Crippen LogP contribution in [0.1, 0.15) is 51.4 Å². The van der Waals surface area contributed by atoms with Crippen LogP contribution in [0.2, 0.25) is 0 Å². The molecule has 21 heavy (non-hydrogen) atoms. The summed E-state index contributed by atoms with van der Waals surface area (Å²) in [5.74, 6) is 0. The van der Waals surface area contributed by atoms with Crippen molar-refractivity contribution in [2.45, 2.75) is 69.5 Å². The molecule has 0 spiro atoms. The SMILES string of the molecule is O=C(NC1CCN2CCCCC12)N(CCCCO)C1CC1. The molecule has 2 aliphatic heterocycles. The van der Waals surface area contributed by atoms with Crippen LogP contribution in [0.5, 0.6) is 0 Å². The first-order chi connectivity index (χ1) is 10.3. The second-order valence-corrected chi connectivity index (χ2v) is 6.80. The smallest absolute Gasteiger partial charge is 0.317 e. The van der Waals surface area contributed by atoms with Gasteiger partial charge in [-0.2, -0.15) is 0 Å². The van der Waals surface area contributed by atoms with Gasteiger partial charge in [0.05, 0.1) is 0 Å². The number of amides is 2. The average molecular weight is 295 g/mol. The molecule has 3 rings (SSSR count). The Kier molecular flexibility index (Phi) is 5.01. The highest BCUT2D eigenvalue weighted by atomic mass is 16.3. The Morgan fingerprint density at radius 3 is 2.76 bits per heavy atom. The molecule has 5 nitrogen and oxygen atoms in total. The minimum Gasteiger partial charge on any atom is -0.396 e. The van der Waals surface area contributed by atoms with Crippen LogP contribution < -0.4 is 5.32 Å². The van der Waals surface area contributed by atoms with Crippen molar-refractivity contribution in [1.29, 1.82) is 0 Å². The quantitative estimate of drug-likeness (QED) is 0.731. The van der Waals surface area contributed by atoms with Gasteiger partial charge in [-0.3, -0.25) is 4.90 Å². The Morgan fingerprint density at radius 2 is 2.00 bits per heavy atom. The Bertz CT molecular complexity index is 359. The van der Waals surface area contributed by atoms with E-state index in [1.54, 1.807) is 0 Å². The van der Waals surface area contributed by atoms with E-state index in [2.05, 4.69) is 10.2 Å². The minimum absolute atomic E-state index is 0.132. The summed E-state index contributed by atoms with van der Waals surface area (Å²) in [6.07, 6.45) is 8.93. The first-order valence-electron chi connectivity index (χ1n) is 8.71. The summed E-state index contributed by atoms with van der Waals surface area (Å²) >= 11 is 0. The number of nitrogens with one attached hydrogen (secondary N) is 1. The molecule has 120 valence electrons. The third kappa shape index (κ3) is 3.69. The van der Waals surface area contributed by atoms with E-state index in [-0.39, 0.29) is 12.6 Å². The predicted molar refractivity (Wildman–Crippen MR) is 82.2 cm³/mol. The molecule has 0 aromatic rings. The Balaban J connectivity index is 1.51. The number of aliphatic hydroxyl groups is 1. The zero-order valence-corrected chi connectivity index (χ0v) is 13.0. The largest absolute Gasteiger partial charge is 0.396 e. The van der Waals surface area contributed by atoms with Crippen molar-refractivity contribution < 1.29 is 9.90 Å². The first kappa shape index (κ1) is 15.1. The first-order valence-corrected chi connectivity index (χ1v) is 8.71. The van der Waals surface area contributed by atoms with Gasteiger partial charge in [0.1, 0.15) is 0 Å². The summed E-state index contributed by atoms with van der Waals surface area (Å²) in [5.41, 5.74) is 0. The van der Waals surface area contributed by atoms with E-state index in [4.69, 9.17) is 5.11 Å². The second-order valence-electron chi connectivity index (χ2n) is 6.80. The number of hydrogen-bond acceptors (Lipinski definition) is 3. The maximum absolute atomic E-state index is 12.6. The number of nitrogens with zero attached hydrogens (tertiary/aromatic N) is 2. The van der Waals surface area contributed by atoms with Crippen molar-refractivity contribution in [3.05, 3.63) is 0 Å². The van der Waals surface area contributed by atoms with Gasteiger partial charge in [0.15, 0.2) is 0 Å². The van der Waals surface area contributed by atoms with Crippen LogP contribution in [0, 0.1) is 0 Å². The maximum atomic E-state index is 12.6. The number of fused-ring (bicyclic) bond motifs is 1. The van der Waals surface area contributed by atoms with Crippen LogP contribution in [0.25, 0.3) is 0 Å². The molecule has 5 heteroatoms. The van der Waals surface area contributed by atoms with Crippen LogP contribution in [0.4, 0.5) is 4.79 Å². The molecular formula is C16H29N3O2. The summed E-state index contributed by atoms with van der Waals surface area (Å²) in [7, 11) is 0. The monoisotopic (exact) mass is 295 g/mol. The van der Waals surface area contributed by atoms with Crippen molar-refractivity contribution in [3.8, 4) is 0 Å². The molecule has 2 N–H and O–H groups in total. The highest BCUT2D eigenvalue weighted by Gasteiger charge is 2.38. The van der Waals surface area contributed by atoms with Crippen LogP contribution in [-0.2, 0) is 0 Å². The van der Waals surface area contributed by atoms with Crippen LogP contribution in [-0.4, -0.2) is 65.3 Å². The Hall–Kier alpha value is -0.810. The van der Waals surface area contributed by atoms with E-state index < -0.39 is 0 Å². The average Bonchev–Trinajstić information content (AvgIpc) is 3.26. The maximum Gasteiger partial charge on any atom is 0.317 e. The molecule has 2 atom stereocenters. The topological polar surface area (TPSA) is 55.8 Å². The number of rotatable bonds is 6. The highest BCUT2D eigenvalue weighted by Crippen LogP contribution is 2.29. The lowest BCUT2D eigenvalue weighted by molar-refractivity contribution is 0.164. The van der Waals surface area contributed by atoms with Crippen LogP contribution >= 0.6 is 0 Å². The van der Waals surface area contributed by atoms with Gasteiger partial charge in [0.25, 0.3) is 0 Å². The van der Waals surface area contributed by atoms with E-state index in [0.29, 0.717) is 18.1 Å². The molecule has 2 amide bonds. The third-order valence-electron chi connectivity index (χ3n) is 5.22. The van der Waals surface area contributed by atoms with Crippen molar-refractivity contribution >= 4 is 6.03 Å². The van der Waals surface area contributed by atoms with E-state index in [0.717, 1.165) is 45.2 Å². The van der Waals surface area contributed by atoms with Gasteiger partial charge < -0.3 is 15.3 Å². The van der Waals surface area contributed by atoms with Crippen LogP contribution in [0.15, 0.2) is 0 Å².